The fourth-order valence-electron chi connectivity index (χ4n) is 2.55. The van der Waals surface area contributed by atoms with Gasteiger partial charge >= 0.3 is 5.76 Å². The van der Waals surface area contributed by atoms with Crippen LogP contribution in [0.25, 0.3) is 11.1 Å². The zero-order chi connectivity index (χ0) is 19.2. The van der Waals surface area contributed by atoms with E-state index in [-0.39, 0.29) is 27.4 Å². The maximum atomic E-state index is 12.6. The summed E-state index contributed by atoms with van der Waals surface area (Å²) in [6.07, 6.45) is 0. The number of carbonyl (C=O) groups is 2. The smallest absolute Gasteiger partial charge is 0.417 e. The van der Waals surface area contributed by atoms with Crippen LogP contribution in [-0.4, -0.2) is 25.1 Å². The van der Waals surface area contributed by atoms with Crippen LogP contribution in [0.1, 0.15) is 33.4 Å². The molecule has 136 valence electrons. The van der Waals surface area contributed by atoms with Crippen LogP contribution >= 0.6 is 0 Å². The number of fused-ring (bicyclic) bond motifs is 1. The van der Waals surface area contributed by atoms with Crippen molar-refractivity contribution in [3.05, 3.63) is 45.6 Å². The molecule has 0 aliphatic heterocycles. The lowest BCUT2D eigenvalue weighted by atomic mass is 10.1. The van der Waals surface area contributed by atoms with E-state index in [0.717, 1.165) is 6.07 Å². The van der Waals surface area contributed by atoms with Gasteiger partial charge in [-0.3, -0.25) is 14.6 Å². The summed E-state index contributed by atoms with van der Waals surface area (Å²) in [6, 6.07) is 3.70. The van der Waals surface area contributed by atoms with E-state index in [1.54, 1.807) is 0 Å². The lowest BCUT2D eigenvalue weighted by molar-refractivity contribution is 0.0974. The van der Waals surface area contributed by atoms with Crippen LogP contribution in [0.4, 0.5) is 5.88 Å². The molecule has 0 atom stereocenters. The maximum absolute atomic E-state index is 12.6. The highest BCUT2D eigenvalue weighted by molar-refractivity contribution is 7.92. The van der Waals surface area contributed by atoms with Crippen molar-refractivity contribution in [3.63, 3.8) is 0 Å². The fourth-order valence-corrected chi connectivity index (χ4v) is 3.56. The number of hydrogen-bond donors (Lipinski definition) is 3. The van der Waals surface area contributed by atoms with Gasteiger partial charge in [-0.25, -0.2) is 17.9 Å². The maximum Gasteiger partial charge on any atom is 0.417 e. The normalized spacial score (nSPS) is 11.6. The van der Waals surface area contributed by atoms with E-state index in [1.807, 2.05) is 0 Å². The summed E-state index contributed by atoms with van der Waals surface area (Å²) >= 11 is 0. The highest BCUT2D eigenvalue weighted by Gasteiger charge is 2.28. The average Bonchev–Trinajstić information content (AvgIpc) is 3.04. The van der Waals surface area contributed by atoms with E-state index in [2.05, 4.69) is 9.71 Å². The number of Topliss-reactive ketones (excluding diaryl/α,β-unsaturated/α-hetero) is 1. The molecule has 1 amide bonds. The Balaban J connectivity index is 2.09. The van der Waals surface area contributed by atoms with Crippen LogP contribution in [0.15, 0.2) is 36.7 Å². The Bertz CT molecular complexity index is 1210. The number of aromatic amines is 1. The summed E-state index contributed by atoms with van der Waals surface area (Å²) in [5.41, 5.74) is 5.17. The second-order valence-electron chi connectivity index (χ2n) is 5.44. The van der Waals surface area contributed by atoms with E-state index in [9.17, 15) is 22.8 Å². The summed E-state index contributed by atoms with van der Waals surface area (Å²) in [5.74, 6) is -2.66. The van der Waals surface area contributed by atoms with Crippen molar-refractivity contribution in [1.29, 1.82) is 0 Å². The second-order valence-corrected chi connectivity index (χ2v) is 7.12. The molecule has 10 nitrogen and oxygen atoms in total. The molecule has 4 N–H and O–H groups in total. The first kappa shape index (κ1) is 17.5. The molecule has 0 fully saturated rings. The second kappa shape index (κ2) is 5.88. The Labute approximate surface area is 146 Å². The van der Waals surface area contributed by atoms with Gasteiger partial charge in [-0.15, -0.1) is 0 Å². The number of nitrogens with two attached hydrogens (primary N) is 1. The van der Waals surface area contributed by atoms with E-state index in [0.29, 0.717) is 5.52 Å². The molecular weight excluding hydrogens is 366 g/mol. The molecule has 0 saturated carbocycles. The Hall–Kier alpha value is -3.34. The molecule has 2 heterocycles. The van der Waals surface area contributed by atoms with Gasteiger partial charge in [0.15, 0.2) is 11.4 Å². The van der Waals surface area contributed by atoms with Gasteiger partial charge in [0, 0.05) is 6.07 Å². The number of primary amides is 1. The topological polar surface area (TPSA) is 165 Å². The first-order chi connectivity index (χ1) is 12.1. The number of anilines is 1. The summed E-state index contributed by atoms with van der Waals surface area (Å²) in [4.78, 5) is 36.7. The van der Waals surface area contributed by atoms with Crippen molar-refractivity contribution < 1.29 is 26.8 Å². The number of aryl methyl sites for hydroxylation is 1. The van der Waals surface area contributed by atoms with E-state index in [1.165, 1.54) is 26.0 Å². The average molecular weight is 379 g/mol. The molecule has 2 aromatic heterocycles. The van der Waals surface area contributed by atoms with Gasteiger partial charge in [0.2, 0.25) is 5.88 Å². The van der Waals surface area contributed by atoms with Gasteiger partial charge in [-0.2, -0.15) is 0 Å². The minimum atomic E-state index is -4.22. The molecule has 3 rings (SSSR count). The van der Waals surface area contributed by atoms with E-state index < -0.39 is 33.4 Å². The minimum Gasteiger partial charge on any atom is -0.443 e. The van der Waals surface area contributed by atoms with Gasteiger partial charge < -0.3 is 14.6 Å². The van der Waals surface area contributed by atoms with Crippen molar-refractivity contribution in [2.45, 2.75) is 18.7 Å². The molecule has 0 spiro atoms. The van der Waals surface area contributed by atoms with Crippen molar-refractivity contribution in [2.75, 3.05) is 4.72 Å². The van der Waals surface area contributed by atoms with Gasteiger partial charge in [0.05, 0.1) is 16.0 Å². The Morgan fingerprint density at radius 3 is 2.50 bits per heavy atom. The van der Waals surface area contributed by atoms with Crippen LogP contribution in [0, 0.1) is 6.92 Å². The molecule has 1 aromatic carbocycles. The van der Waals surface area contributed by atoms with Crippen LogP contribution < -0.4 is 16.2 Å². The summed E-state index contributed by atoms with van der Waals surface area (Å²) in [7, 11) is -4.22. The molecule has 0 bridgehead atoms. The van der Waals surface area contributed by atoms with Crippen LogP contribution in [-0.2, 0) is 10.0 Å². The molecule has 0 radical (unpaired) electrons. The van der Waals surface area contributed by atoms with Crippen LogP contribution in [0.3, 0.4) is 0 Å². The van der Waals surface area contributed by atoms with Crippen molar-refractivity contribution >= 4 is 38.7 Å². The first-order valence-corrected chi connectivity index (χ1v) is 8.68. The zero-order valence-electron chi connectivity index (χ0n) is 13.6. The number of furan rings is 1. The van der Waals surface area contributed by atoms with Gasteiger partial charge in [-0.05, 0) is 26.0 Å². The Kier molecular flexibility index (Phi) is 3.95. The van der Waals surface area contributed by atoms with Crippen LogP contribution in [0.2, 0.25) is 0 Å². The molecule has 0 saturated heterocycles. The Morgan fingerprint density at radius 1 is 1.19 bits per heavy atom. The third kappa shape index (κ3) is 2.88. The number of ketones is 1. The molecular formula is C15H13N3O7S. The fraction of sp³-hybridized carbons (Fsp3) is 0.133. The third-order valence-electron chi connectivity index (χ3n) is 3.61. The lowest BCUT2D eigenvalue weighted by Crippen LogP contribution is -2.19. The molecule has 26 heavy (non-hydrogen) atoms. The lowest BCUT2D eigenvalue weighted by Gasteiger charge is -2.06. The molecule has 11 heteroatoms. The van der Waals surface area contributed by atoms with Crippen LogP contribution in [0.5, 0.6) is 0 Å². The quantitative estimate of drug-likeness (QED) is 0.559. The monoisotopic (exact) mass is 379 g/mol. The van der Waals surface area contributed by atoms with Gasteiger partial charge in [-0.1, -0.05) is 0 Å². The summed E-state index contributed by atoms with van der Waals surface area (Å²) < 4.78 is 37.3. The number of nitrogens with one attached hydrogen (secondary N) is 2. The number of aromatic nitrogens is 1. The number of carbonyl (C=O) groups excluding carboxylic acids is 2. The molecule has 0 aliphatic rings. The molecule has 0 aliphatic carbocycles. The Morgan fingerprint density at radius 2 is 1.88 bits per heavy atom. The van der Waals surface area contributed by atoms with Crippen molar-refractivity contribution in [2.24, 2.45) is 5.73 Å². The number of hydrogen-bond acceptors (Lipinski definition) is 7. The molecule has 0 unspecified atom stereocenters. The van der Waals surface area contributed by atoms with Gasteiger partial charge in [0.25, 0.3) is 15.9 Å². The van der Waals surface area contributed by atoms with Crippen molar-refractivity contribution in [1.82, 2.24) is 4.98 Å². The largest absolute Gasteiger partial charge is 0.443 e. The number of oxazole rings is 1. The van der Waals surface area contributed by atoms with Crippen molar-refractivity contribution in [3.8, 4) is 0 Å². The number of sulfonamides is 1. The highest BCUT2D eigenvalue weighted by Crippen LogP contribution is 2.29. The van der Waals surface area contributed by atoms with E-state index in [4.69, 9.17) is 14.6 Å². The number of benzene rings is 1. The minimum absolute atomic E-state index is 0.0352. The highest BCUT2D eigenvalue weighted by atomic mass is 32.2. The van der Waals surface area contributed by atoms with Gasteiger partial charge in [0.1, 0.15) is 11.3 Å². The predicted octanol–water partition coefficient (Wildman–Crippen LogP) is 1.12. The van der Waals surface area contributed by atoms with E-state index >= 15 is 0 Å². The zero-order valence-corrected chi connectivity index (χ0v) is 14.4. The molecule has 3 aromatic rings. The summed E-state index contributed by atoms with van der Waals surface area (Å²) in [6.45, 7) is 2.60. The summed E-state index contributed by atoms with van der Waals surface area (Å²) in [5, 5.41) is 0. The number of H-pyrrole nitrogens is 1. The first-order valence-electron chi connectivity index (χ1n) is 7.20. The standard InChI is InChI=1S/C15H13N3O7S/c1-6(19)11-7(2)24-14(12(11)13(16)20)18-26(22,23)8-3-4-9-10(5-8)25-15(21)17-9/h3-5,18H,1-2H3,(H2,16,20)(H,17,21). The predicted molar refractivity (Wildman–Crippen MR) is 89.6 cm³/mol. The number of rotatable bonds is 5. The number of amides is 1. The SMILES string of the molecule is CC(=O)c1c(C)oc(NS(=O)(=O)c2ccc3[nH]c(=O)oc3c2)c1C(N)=O. The third-order valence-corrected chi connectivity index (χ3v) is 4.94.